The summed E-state index contributed by atoms with van der Waals surface area (Å²) in [4.78, 5) is 0. The van der Waals surface area contributed by atoms with Gasteiger partial charge in [-0.05, 0) is 44.2 Å². The zero-order valence-electron chi connectivity index (χ0n) is 11.7. The molecule has 2 atom stereocenters. The molecule has 0 aliphatic carbocycles. The van der Waals surface area contributed by atoms with Gasteiger partial charge >= 0.3 is 0 Å². The first-order valence-corrected chi connectivity index (χ1v) is 8.70. The van der Waals surface area contributed by atoms with Gasteiger partial charge in [0.25, 0.3) is 0 Å². The van der Waals surface area contributed by atoms with Crippen LogP contribution in [0.25, 0.3) is 0 Å². The molecule has 3 nitrogen and oxygen atoms in total. The molecule has 19 heavy (non-hydrogen) atoms. The Bertz CT molecular complexity index is 525. The average molecular weight is 281 g/mol. The van der Waals surface area contributed by atoms with Crippen LogP contribution >= 0.6 is 0 Å². The quantitative estimate of drug-likeness (QED) is 0.899. The van der Waals surface area contributed by atoms with Crippen molar-refractivity contribution in [1.82, 2.24) is 5.32 Å². The number of hydrogen-bond acceptors (Lipinski definition) is 3. The van der Waals surface area contributed by atoms with Gasteiger partial charge in [0.15, 0.2) is 9.84 Å². The van der Waals surface area contributed by atoms with E-state index in [4.69, 9.17) is 0 Å². The molecule has 4 heteroatoms. The SMILES string of the molecule is Cc1ccccc1C[C@@H](C)NC[C@H]1CCCS1(=O)=O. The van der Waals surface area contributed by atoms with E-state index in [-0.39, 0.29) is 5.25 Å². The Morgan fingerprint density at radius 1 is 1.37 bits per heavy atom. The van der Waals surface area contributed by atoms with E-state index in [2.05, 4.69) is 37.4 Å². The highest BCUT2D eigenvalue weighted by Gasteiger charge is 2.30. The molecule has 0 bridgehead atoms. The summed E-state index contributed by atoms with van der Waals surface area (Å²) in [6.45, 7) is 4.83. The topological polar surface area (TPSA) is 46.2 Å². The van der Waals surface area contributed by atoms with Gasteiger partial charge in [-0.1, -0.05) is 24.3 Å². The number of sulfone groups is 1. The Labute approximate surface area is 116 Å². The molecule has 0 amide bonds. The zero-order valence-corrected chi connectivity index (χ0v) is 12.5. The molecule has 1 aromatic carbocycles. The summed E-state index contributed by atoms with van der Waals surface area (Å²) in [6, 6.07) is 8.65. The van der Waals surface area contributed by atoms with E-state index in [1.165, 1.54) is 11.1 Å². The first-order chi connectivity index (χ1) is 8.99. The van der Waals surface area contributed by atoms with E-state index in [0.29, 0.717) is 18.3 Å². The summed E-state index contributed by atoms with van der Waals surface area (Å²) in [5, 5.41) is 3.20. The third-order valence-corrected chi connectivity index (χ3v) is 6.22. The Hall–Kier alpha value is -0.870. The summed E-state index contributed by atoms with van der Waals surface area (Å²) >= 11 is 0. The molecule has 1 fully saturated rings. The number of nitrogens with one attached hydrogen (secondary N) is 1. The van der Waals surface area contributed by atoms with Crippen molar-refractivity contribution >= 4 is 9.84 Å². The van der Waals surface area contributed by atoms with Gasteiger partial charge in [-0.3, -0.25) is 0 Å². The first kappa shape index (κ1) is 14.5. The van der Waals surface area contributed by atoms with Crippen LogP contribution in [0.2, 0.25) is 0 Å². The molecule has 0 aromatic heterocycles. The maximum absolute atomic E-state index is 11.7. The molecule has 1 aromatic rings. The second-order valence-electron chi connectivity index (χ2n) is 5.57. The standard InChI is InChI=1S/C15H23NO2S/c1-12-6-3-4-7-14(12)10-13(2)16-11-15-8-5-9-19(15,17)18/h3-4,6-7,13,15-16H,5,8-11H2,1-2H3/t13-,15-/m1/s1. The Balaban J connectivity index is 1.85. The van der Waals surface area contributed by atoms with E-state index in [1.807, 2.05) is 6.07 Å². The fourth-order valence-corrected chi connectivity index (χ4v) is 4.44. The molecule has 1 aliphatic heterocycles. The van der Waals surface area contributed by atoms with E-state index in [9.17, 15) is 8.42 Å². The highest BCUT2D eigenvalue weighted by molar-refractivity contribution is 7.92. The lowest BCUT2D eigenvalue weighted by molar-refractivity contribution is 0.521. The van der Waals surface area contributed by atoms with E-state index in [1.54, 1.807) is 0 Å². The van der Waals surface area contributed by atoms with Crippen LogP contribution in [0.15, 0.2) is 24.3 Å². The smallest absolute Gasteiger partial charge is 0.154 e. The Morgan fingerprint density at radius 2 is 2.11 bits per heavy atom. The molecule has 1 N–H and O–H groups in total. The maximum atomic E-state index is 11.7. The molecule has 0 unspecified atom stereocenters. The van der Waals surface area contributed by atoms with E-state index >= 15 is 0 Å². The van der Waals surface area contributed by atoms with Crippen LogP contribution < -0.4 is 5.32 Å². The molecule has 106 valence electrons. The van der Waals surface area contributed by atoms with E-state index < -0.39 is 9.84 Å². The van der Waals surface area contributed by atoms with Gasteiger partial charge in [0.05, 0.1) is 11.0 Å². The maximum Gasteiger partial charge on any atom is 0.154 e. The normalized spacial score (nSPS) is 23.4. The van der Waals surface area contributed by atoms with Gasteiger partial charge in [0.2, 0.25) is 0 Å². The fourth-order valence-electron chi connectivity index (χ4n) is 2.66. The van der Waals surface area contributed by atoms with Crippen molar-refractivity contribution in [3.8, 4) is 0 Å². The second kappa shape index (κ2) is 6.06. The lowest BCUT2D eigenvalue weighted by atomic mass is 10.0. The number of aryl methyl sites for hydroxylation is 1. The van der Waals surface area contributed by atoms with Crippen LogP contribution in [0.3, 0.4) is 0 Å². The summed E-state index contributed by atoms with van der Waals surface area (Å²) in [5.41, 5.74) is 2.63. The van der Waals surface area contributed by atoms with Crippen molar-refractivity contribution in [1.29, 1.82) is 0 Å². The third kappa shape index (κ3) is 3.80. The van der Waals surface area contributed by atoms with Crippen LogP contribution in [0.5, 0.6) is 0 Å². The van der Waals surface area contributed by atoms with Gasteiger partial charge < -0.3 is 5.32 Å². The number of hydrogen-bond donors (Lipinski definition) is 1. The minimum Gasteiger partial charge on any atom is -0.313 e. The van der Waals surface area contributed by atoms with Gasteiger partial charge in [-0.25, -0.2) is 8.42 Å². The Kier molecular flexibility index (Phi) is 4.63. The zero-order chi connectivity index (χ0) is 13.9. The van der Waals surface area contributed by atoms with Gasteiger partial charge in [0.1, 0.15) is 0 Å². The lowest BCUT2D eigenvalue weighted by Crippen LogP contribution is -2.37. The van der Waals surface area contributed by atoms with Gasteiger partial charge in [0, 0.05) is 12.6 Å². The van der Waals surface area contributed by atoms with Crippen LogP contribution in [0.1, 0.15) is 30.9 Å². The highest BCUT2D eigenvalue weighted by Crippen LogP contribution is 2.19. The van der Waals surface area contributed by atoms with Crippen LogP contribution in [-0.2, 0) is 16.3 Å². The molecule has 1 heterocycles. The monoisotopic (exact) mass is 281 g/mol. The second-order valence-corrected chi connectivity index (χ2v) is 7.97. The largest absolute Gasteiger partial charge is 0.313 e. The van der Waals surface area contributed by atoms with Crippen LogP contribution in [0.4, 0.5) is 0 Å². The van der Waals surface area contributed by atoms with Gasteiger partial charge in [-0.15, -0.1) is 0 Å². The van der Waals surface area contributed by atoms with Crippen LogP contribution in [0, 0.1) is 6.92 Å². The lowest BCUT2D eigenvalue weighted by Gasteiger charge is -2.18. The molecule has 1 saturated heterocycles. The summed E-state index contributed by atoms with van der Waals surface area (Å²) < 4.78 is 23.5. The minimum absolute atomic E-state index is 0.174. The molecular weight excluding hydrogens is 258 g/mol. The van der Waals surface area contributed by atoms with Crippen LogP contribution in [-0.4, -0.2) is 32.0 Å². The molecule has 0 saturated carbocycles. The molecule has 0 spiro atoms. The van der Waals surface area contributed by atoms with Gasteiger partial charge in [-0.2, -0.15) is 0 Å². The third-order valence-electron chi connectivity index (χ3n) is 3.94. The summed E-state index contributed by atoms with van der Waals surface area (Å²) in [6.07, 6.45) is 2.58. The number of benzene rings is 1. The van der Waals surface area contributed by atoms with Crippen molar-refractivity contribution in [3.63, 3.8) is 0 Å². The van der Waals surface area contributed by atoms with Crippen molar-refractivity contribution in [3.05, 3.63) is 35.4 Å². The average Bonchev–Trinajstić information content (AvgIpc) is 2.69. The van der Waals surface area contributed by atoms with E-state index in [0.717, 1.165) is 19.3 Å². The molecular formula is C15H23NO2S. The van der Waals surface area contributed by atoms with Crippen molar-refractivity contribution in [2.24, 2.45) is 0 Å². The van der Waals surface area contributed by atoms with Crippen molar-refractivity contribution in [2.75, 3.05) is 12.3 Å². The highest BCUT2D eigenvalue weighted by atomic mass is 32.2. The Morgan fingerprint density at radius 3 is 2.74 bits per heavy atom. The predicted octanol–water partition coefficient (Wildman–Crippen LogP) is 2.09. The minimum atomic E-state index is -2.83. The first-order valence-electron chi connectivity index (χ1n) is 6.98. The van der Waals surface area contributed by atoms with Crippen molar-refractivity contribution < 1.29 is 8.42 Å². The van der Waals surface area contributed by atoms with Crippen molar-refractivity contribution in [2.45, 2.75) is 44.4 Å². The predicted molar refractivity (Wildman–Crippen MR) is 79.2 cm³/mol. The molecule has 0 radical (unpaired) electrons. The summed E-state index contributed by atoms with van der Waals surface area (Å²) in [7, 11) is -2.83. The molecule has 1 aliphatic rings. The molecule has 2 rings (SSSR count). The number of rotatable bonds is 5. The fraction of sp³-hybridized carbons (Fsp3) is 0.600. The summed E-state index contributed by atoms with van der Waals surface area (Å²) in [5.74, 6) is 0.367.